The normalized spacial score (nSPS) is 20.3. The maximum Gasteiger partial charge on any atom is 0.136 e. The van der Waals surface area contributed by atoms with Gasteiger partial charge in [0.1, 0.15) is 15.8 Å². The molecule has 0 radical (unpaired) electrons. The van der Waals surface area contributed by atoms with Gasteiger partial charge in [-0.2, -0.15) is 0 Å². The SMILES string of the molecule is C[C@H](N[S+]([O-])C(C)(C)C)c1nc(C2CC2)cs1. The van der Waals surface area contributed by atoms with Crippen molar-refractivity contribution in [3.63, 3.8) is 0 Å². The number of rotatable bonds is 4. The van der Waals surface area contributed by atoms with Gasteiger partial charge >= 0.3 is 0 Å². The predicted octanol–water partition coefficient (Wildman–Crippen LogP) is 3.13. The summed E-state index contributed by atoms with van der Waals surface area (Å²) in [6.45, 7) is 7.94. The third kappa shape index (κ3) is 3.44. The van der Waals surface area contributed by atoms with Crippen molar-refractivity contribution in [2.24, 2.45) is 0 Å². The first kappa shape index (κ1) is 13.3. The van der Waals surface area contributed by atoms with Gasteiger partial charge in [-0.1, -0.05) is 0 Å². The first-order chi connectivity index (χ1) is 7.88. The molecule has 1 fully saturated rings. The molecule has 2 atom stereocenters. The molecule has 1 heterocycles. The Bertz CT molecular complexity index is 382. The Morgan fingerprint density at radius 2 is 2.18 bits per heavy atom. The van der Waals surface area contributed by atoms with Crippen LogP contribution in [-0.4, -0.2) is 14.3 Å². The second-order valence-electron chi connectivity index (χ2n) is 5.61. The summed E-state index contributed by atoms with van der Waals surface area (Å²) in [5, 5.41) is 3.19. The van der Waals surface area contributed by atoms with Crippen molar-refractivity contribution < 1.29 is 4.55 Å². The van der Waals surface area contributed by atoms with Gasteiger partial charge in [0.2, 0.25) is 0 Å². The van der Waals surface area contributed by atoms with E-state index in [1.165, 1.54) is 18.5 Å². The van der Waals surface area contributed by atoms with E-state index in [-0.39, 0.29) is 10.8 Å². The highest BCUT2D eigenvalue weighted by Gasteiger charge is 2.30. The van der Waals surface area contributed by atoms with Crippen LogP contribution in [0, 0.1) is 0 Å². The molecular formula is C12H20N2OS2. The largest absolute Gasteiger partial charge is 0.598 e. The summed E-state index contributed by atoms with van der Waals surface area (Å²) in [7, 11) is 0. The van der Waals surface area contributed by atoms with E-state index in [4.69, 9.17) is 0 Å². The smallest absolute Gasteiger partial charge is 0.136 e. The van der Waals surface area contributed by atoms with Gasteiger partial charge in [0.15, 0.2) is 0 Å². The average Bonchev–Trinajstić information content (AvgIpc) is 2.95. The van der Waals surface area contributed by atoms with E-state index in [0.717, 1.165) is 5.01 Å². The topological polar surface area (TPSA) is 48.0 Å². The van der Waals surface area contributed by atoms with Gasteiger partial charge in [-0.25, -0.2) is 4.98 Å². The average molecular weight is 272 g/mol. The van der Waals surface area contributed by atoms with Crippen LogP contribution in [-0.2, 0) is 11.4 Å². The first-order valence-electron chi connectivity index (χ1n) is 6.01. The van der Waals surface area contributed by atoms with Gasteiger partial charge in [-0.15, -0.1) is 16.1 Å². The molecule has 0 aromatic carbocycles. The molecule has 1 aromatic heterocycles. The van der Waals surface area contributed by atoms with E-state index in [2.05, 4.69) is 15.1 Å². The molecule has 5 heteroatoms. The fraction of sp³-hybridized carbons (Fsp3) is 0.750. The molecular weight excluding hydrogens is 252 g/mol. The van der Waals surface area contributed by atoms with Crippen molar-refractivity contribution in [2.75, 3.05) is 0 Å². The van der Waals surface area contributed by atoms with Crippen molar-refractivity contribution in [3.8, 4) is 0 Å². The lowest BCUT2D eigenvalue weighted by molar-refractivity contribution is 0.530. The van der Waals surface area contributed by atoms with Crippen LogP contribution >= 0.6 is 11.3 Å². The van der Waals surface area contributed by atoms with Gasteiger partial charge in [0.25, 0.3) is 0 Å². The lowest BCUT2D eigenvalue weighted by Gasteiger charge is -2.25. The van der Waals surface area contributed by atoms with Crippen LogP contribution < -0.4 is 4.72 Å². The van der Waals surface area contributed by atoms with Crippen LogP contribution in [0.3, 0.4) is 0 Å². The van der Waals surface area contributed by atoms with E-state index in [9.17, 15) is 4.55 Å². The van der Waals surface area contributed by atoms with Crippen LogP contribution in [0.1, 0.15) is 63.2 Å². The molecule has 1 saturated carbocycles. The van der Waals surface area contributed by atoms with Gasteiger partial charge in [0.05, 0.1) is 5.69 Å². The number of hydrogen-bond acceptors (Lipinski definition) is 4. The van der Waals surface area contributed by atoms with E-state index in [0.29, 0.717) is 5.92 Å². The fourth-order valence-corrected chi connectivity index (χ4v) is 3.22. The number of nitrogens with zero attached hydrogens (tertiary/aromatic N) is 1. The van der Waals surface area contributed by atoms with Gasteiger partial charge in [-0.05, 0) is 40.5 Å². The van der Waals surface area contributed by atoms with Crippen molar-refractivity contribution in [3.05, 3.63) is 16.1 Å². The molecule has 0 saturated heterocycles. The van der Waals surface area contributed by atoms with Gasteiger partial charge < -0.3 is 4.55 Å². The predicted molar refractivity (Wildman–Crippen MR) is 73.5 cm³/mol. The minimum atomic E-state index is -1.04. The number of aromatic nitrogens is 1. The zero-order chi connectivity index (χ0) is 12.6. The highest BCUT2D eigenvalue weighted by atomic mass is 32.2. The molecule has 1 N–H and O–H groups in total. The van der Waals surface area contributed by atoms with Gasteiger partial charge in [0, 0.05) is 22.7 Å². The quantitative estimate of drug-likeness (QED) is 0.857. The zero-order valence-corrected chi connectivity index (χ0v) is 12.5. The molecule has 1 aliphatic rings. The highest BCUT2D eigenvalue weighted by molar-refractivity contribution is 7.90. The van der Waals surface area contributed by atoms with E-state index in [1.807, 2.05) is 27.7 Å². The summed E-state index contributed by atoms with van der Waals surface area (Å²) in [5.41, 5.74) is 1.22. The maximum atomic E-state index is 12.0. The summed E-state index contributed by atoms with van der Waals surface area (Å²) >= 11 is 0.633. The number of nitrogens with one attached hydrogen (secondary N) is 1. The summed E-state index contributed by atoms with van der Waals surface area (Å²) in [5.74, 6) is 0.695. The molecule has 1 aliphatic carbocycles. The summed E-state index contributed by atoms with van der Waals surface area (Å²) in [6, 6.07) is 0.0626. The molecule has 0 spiro atoms. The third-order valence-corrected chi connectivity index (χ3v) is 5.47. The zero-order valence-electron chi connectivity index (χ0n) is 10.8. The molecule has 1 unspecified atom stereocenters. The monoisotopic (exact) mass is 272 g/mol. The lowest BCUT2D eigenvalue weighted by Crippen LogP contribution is -2.40. The maximum absolute atomic E-state index is 12.0. The molecule has 0 amide bonds. The van der Waals surface area contributed by atoms with Crippen LogP contribution in [0.4, 0.5) is 0 Å². The van der Waals surface area contributed by atoms with Crippen molar-refractivity contribution in [2.45, 2.75) is 57.2 Å². The van der Waals surface area contributed by atoms with Crippen LogP contribution in [0.25, 0.3) is 0 Å². The Morgan fingerprint density at radius 3 is 2.71 bits per heavy atom. The molecule has 0 aliphatic heterocycles. The Labute approximate surface area is 110 Å². The standard InChI is InChI=1S/C12H20N2OS2/c1-8(14-17(15)12(2,3)4)11-13-10(7-16-11)9-5-6-9/h7-9,14H,5-6H2,1-4H3/t8-,17?/m0/s1. The fourth-order valence-electron chi connectivity index (χ4n) is 1.45. The Hall–Kier alpha value is -0.100. The second kappa shape index (κ2) is 4.88. The van der Waals surface area contributed by atoms with E-state index in [1.54, 1.807) is 11.3 Å². The molecule has 1 aromatic rings. The van der Waals surface area contributed by atoms with Crippen LogP contribution in [0.15, 0.2) is 5.38 Å². The highest BCUT2D eigenvalue weighted by Crippen LogP contribution is 2.40. The Balaban J connectivity index is 1.96. The van der Waals surface area contributed by atoms with E-state index < -0.39 is 11.4 Å². The summed E-state index contributed by atoms with van der Waals surface area (Å²) in [4.78, 5) is 4.63. The first-order valence-corrected chi connectivity index (χ1v) is 8.04. The molecule has 0 bridgehead atoms. The number of thiazole rings is 1. The molecule has 96 valence electrons. The number of hydrogen-bond donors (Lipinski definition) is 1. The second-order valence-corrected chi connectivity index (χ2v) is 8.49. The van der Waals surface area contributed by atoms with Crippen molar-refractivity contribution in [1.29, 1.82) is 0 Å². The summed E-state index contributed by atoms with van der Waals surface area (Å²) in [6.07, 6.45) is 2.55. The molecule has 2 rings (SSSR count). The van der Waals surface area contributed by atoms with Crippen LogP contribution in [0.5, 0.6) is 0 Å². The lowest BCUT2D eigenvalue weighted by atomic mass is 10.3. The van der Waals surface area contributed by atoms with Crippen LogP contribution in [0.2, 0.25) is 0 Å². The van der Waals surface area contributed by atoms with Crippen molar-refractivity contribution >= 4 is 22.7 Å². The molecule has 3 nitrogen and oxygen atoms in total. The minimum absolute atomic E-state index is 0.0626. The third-order valence-electron chi connectivity index (χ3n) is 2.75. The Morgan fingerprint density at radius 1 is 1.53 bits per heavy atom. The Kier molecular flexibility index (Phi) is 3.83. The van der Waals surface area contributed by atoms with Crippen molar-refractivity contribution in [1.82, 2.24) is 9.71 Å². The summed E-state index contributed by atoms with van der Waals surface area (Å²) < 4.78 is 14.9. The van der Waals surface area contributed by atoms with E-state index >= 15 is 0 Å². The molecule has 17 heavy (non-hydrogen) atoms. The minimum Gasteiger partial charge on any atom is -0.598 e. The van der Waals surface area contributed by atoms with Gasteiger partial charge in [-0.3, -0.25) is 0 Å².